The van der Waals surface area contributed by atoms with Crippen LogP contribution in [0.4, 0.5) is 0 Å². The second-order valence-electron chi connectivity index (χ2n) is 5.87. The third-order valence-corrected chi connectivity index (χ3v) is 5.09. The van der Waals surface area contributed by atoms with E-state index in [9.17, 15) is 18.0 Å². The third-order valence-electron chi connectivity index (χ3n) is 3.38. The molecule has 1 aromatic rings. The Labute approximate surface area is 124 Å². The van der Waals surface area contributed by atoms with Crippen LogP contribution in [-0.2, 0) is 19.4 Å². The topological polar surface area (TPSA) is 71.5 Å². The monoisotopic (exact) mass is 307 g/mol. The van der Waals surface area contributed by atoms with Gasteiger partial charge in [-0.05, 0) is 17.5 Å². The van der Waals surface area contributed by atoms with Gasteiger partial charge in [0.15, 0.2) is 0 Å². The molecule has 0 unspecified atom stereocenters. The summed E-state index contributed by atoms with van der Waals surface area (Å²) in [4.78, 5) is 24.6. The Kier molecular flexibility index (Phi) is 3.76. The molecule has 0 aliphatic carbocycles. The molecule has 6 heteroatoms. The molecule has 2 amide bonds. The first kappa shape index (κ1) is 15.4. The Bertz CT molecular complexity index is 704. The van der Waals surface area contributed by atoms with Crippen molar-refractivity contribution >= 4 is 21.7 Å². The number of imide groups is 1. The lowest BCUT2D eigenvalue weighted by Gasteiger charge is -2.19. The second kappa shape index (κ2) is 5.11. The Balaban J connectivity index is 2.29. The molecule has 1 aliphatic rings. The summed E-state index contributed by atoms with van der Waals surface area (Å²) in [5.41, 5.74) is -0.344. The van der Waals surface area contributed by atoms with E-state index in [-0.39, 0.29) is 29.2 Å². The Morgan fingerprint density at radius 3 is 2.29 bits per heavy atom. The van der Waals surface area contributed by atoms with Gasteiger partial charge in [0.05, 0.1) is 4.90 Å². The number of benzene rings is 1. The molecular formula is C15H17NO4S. The van der Waals surface area contributed by atoms with Crippen molar-refractivity contribution in [1.29, 1.82) is 0 Å². The van der Waals surface area contributed by atoms with Gasteiger partial charge in [0.1, 0.15) is 4.91 Å². The van der Waals surface area contributed by atoms with Crippen LogP contribution in [0.25, 0.3) is 0 Å². The van der Waals surface area contributed by atoms with Crippen LogP contribution in [0.15, 0.2) is 46.7 Å². The largest absolute Gasteiger partial charge is 0.277 e. The fourth-order valence-electron chi connectivity index (χ4n) is 2.27. The van der Waals surface area contributed by atoms with Crippen molar-refractivity contribution in [3.05, 3.63) is 41.8 Å². The highest BCUT2D eigenvalue weighted by Gasteiger charge is 2.41. The maximum Gasteiger partial charge on any atom is 0.271 e. The van der Waals surface area contributed by atoms with Crippen LogP contribution in [-0.4, -0.2) is 31.7 Å². The van der Waals surface area contributed by atoms with Crippen molar-refractivity contribution in [3.8, 4) is 0 Å². The molecule has 0 aromatic heterocycles. The number of likely N-dealkylation sites (tertiary alicyclic amines) is 1. The number of hydrogen-bond donors (Lipinski definition) is 0. The lowest BCUT2D eigenvalue weighted by Crippen LogP contribution is -2.36. The molecule has 0 radical (unpaired) electrons. The minimum Gasteiger partial charge on any atom is -0.277 e. The lowest BCUT2D eigenvalue weighted by atomic mass is 9.93. The quantitative estimate of drug-likeness (QED) is 0.798. The average molecular weight is 307 g/mol. The molecule has 0 bridgehead atoms. The van der Waals surface area contributed by atoms with E-state index in [1.807, 2.05) is 13.8 Å². The predicted octanol–water partition coefficient (Wildman–Crippen LogP) is 1.76. The van der Waals surface area contributed by atoms with Crippen molar-refractivity contribution in [2.24, 2.45) is 5.41 Å². The van der Waals surface area contributed by atoms with Crippen molar-refractivity contribution in [2.45, 2.75) is 25.2 Å². The molecule has 5 nitrogen and oxygen atoms in total. The molecule has 1 heterocycles. The van der Waals surface area contributed by atoms with Crippen LogP contribution in [0.1, 0.15) is 20.3 Å². The van der Waals surface area contributed by atoms with Crippen LogP contribution in [0, 0.1) is 5.41 Å². The molecule has 0 atom stereocenters. The van der Waals surface area contributed by atoms with E-state index >= 15 is 0 Å². The molecule has 21 heavy (non-hydrogen) atoms. The maximum absolute atomic E-state index is 12.3. The van der Waals surface area contributed by atoms with Gasteiger partial charge in [0.2, 0.25) is 15.7 Å². The van der Waals surface area contributed by atoms with Crippen molar-refractivity contribution in [1.82, 2.24) is 4.90 Å². The standard InChI is InChI=1S/C15H17NO4S/c1-11(21(19,20)12-7-5-4-6-8-12)14(18)16-10-15(2,3)9-13(16)17/h4-8H,1,9-10H2,2-3H3. The van der Waals surface area contributed by atoms with E-state index in [0.29, 0.717) is 0 Å². The van der Waals surface area contributed by atoms with E-state index in [1.165, 1.54) is 12.1 Å². The summed E-state index contributed by atoms with van der Waals surface area (Å²) in [6, 6.07) is 7.59. The van der Waals surface area contributed by atoms with Gasteiger partial charge in [-0.15, -0.1) is 0 Å². The molecule has 112 valence electrons. The van der Waals surface area contributed by atoms with E-state index in [2.05, 4.69) is 6.58 Å². The molecule has 0 spiro atoms. The SMILES string of the molecule is C=C(C(=O)N1CC(C)(C)CC1=O)S(=O)(=O)c1ccccc1. The smallest absolute Gasteiger partial charge is 0.271 e. The van der Waals surface area contributed by atoms with Gasteiger partial charge in [-0.3, -0.25) is 14.5 Å². The number of carbonyl (C=O) groups excluding carboxylic acids is 2. The molecular weight excluding hydrogens is 290 g/mol. The van der Waals surface area contributed by atoms with Crippen LogP contribution in [0.5, 0.6) is 0 Å². The minimum atomic E-state index is -3.97. The first-order valence-corrected chi connectivity index (χ1v) is 7.97. The molecule has 1 aromatic carbocycles. The van der Waals surface area contributed by atoms with Gasteiger partial charge >= 0.3 is 0 Å². The maximum atomic E-state index is 12.3. The number of hydrogen-bond acceptors (Lipinski definition) is 4. The number of carbonyl (C=O) groups is 2. The first-order chi connectivity index (χ1) is 9.65. The predicted molar refractivity (Wildman–Crippen MR) is 77.9 cm³/mol. The summed E-state index contributed by atoms with van der Waals surface area (Å²) in [5, 5.41) is 0. The highest BCUT2D eigenvalue weighted by atomic mass is 32.2. The van der Waals surface area contributed by atoms with Gasteiger partial charge in [-0.25, -0.2) is 8.42 Å². The Morgan fingerprint density at radius 1 is 1.24 bits per heavy atom. The first-order valence-electron chi connectivity index (χ1n) is 6.49. The molecule has 1 saturated heterocycles. The Morgan fingerprint density at radius 2 is 1.81 bits per heavy atom. The van der Waals surface area contributed by atoms with Gasteiger partial charge in [-0.2, -0.15) is 0 Å². The summed E-state index contributed by atoms with van der Waals surface area (Å²) in [6.45, 7) is 7.31. The van der Waals surface area contributed by atoms with Crippen molar-refractivity contribution in [2.75, 3.05) is 6.54 Å². The molecule has 0 saturated carbocycles. The average Bonchev–Trinajstić information content (AvgIpc) is 2.71. The minimum absolute atomic E-state index is 0.00532. The van der Waals surface area contributed by atoms with Crippen LogP contribution in [0.2, 0.25) is 0 Å². The highest BCUT2D eigenvalue weighted by molar-refractivity contribution is 7.96. The number of sulfone groups is 1. The summed E-state index contributed by atoms with van der Waals surface area (Å²) in [6.07, 6.45) is 0.220. The zero-order valence-corrected chi connectivity index (χ0v) is 12.8. The van der Waals surface area contributed by atoms with Gasteiger partial charge < -0.3 is 0 Å². The van der Waals surface area contributed by atoms with Gasteiger partial charge in [0.25, 0.3) is 5.91 Å². The van der Waals surface area contributed by atoms with Gasteiger partial charge in [0, 0.05) is 13.0 Å². The van der Waals surface area contributed by atoms with Crippen molar-refractivity contribution < 1.29 is 18.0 Å². The van der Waals surface area contributed by atoms with Crippen LogP contribution >= 0.6 is 0 Å². The van der Waals surface area contributed by atoms with E-state index in [4.69, 9.17) is 0 Å². The number of amides is 2. The normalized spacial score (nSPS) is 17.8. The van der Waals surface area contributed by atoms with E-state index < -0.39 is 20.6 Å². The zero-order chi connectivity index (χ0) is 15.8. The fourth-order valence-corrected chi connectivity index (χ4v) is 3.41. The summed E-state index contributed by atoms with van der Waals surface area (Å²) in [7, 11) is -3.97. The summed E-state index contributed by atoms with van der Waals surface area (Å²) >= 11 is 0. The van der Waals surface area contributed by atoms with Crippen LogP contribution < -0.4 is 0 Å². The van der Waals surface area contributed by atoms with E-state index in [0.717, 1.165) is 4.90 Å². The molecule has 1 aliphatic heterocycles. The number of nitrogens with zero attached hydrogens (tertiary/aromatic N) is 1. The molecule has 2 rings (SSSR count). The van der Waals surface area contributed by atoms with Crippen LogP contribution in [0.3, 0.4) is 0 Å². The molecule has 0 N–H and O–H groups in total. The lowest BCUT2D eigenvalue weighted by molar-refractivity contribution is -0.138. The Hall–Kier alpha value is -1.95. The van der Waals surface area contributed by atoms with Crippen molar-refractivity contribution in [3.63, 3.8) is 0 Å². The second-order valence-corrected chi connectivity index (χ2v) is 7.84. The van der Waals surface area contributed by atoms with Gasteiger partial charge in [-0.1, -0.05) is 38.6 Å². The molecule has 1 fully saturated rings. The van der Waals surface area contributed by atoms with E-state index in [1.54, 1.807) is 18.2 Å². The third kappa shape index (κ3) is 2.90. The number of rotatable bonds is 3. The fraction of sp³-hybridized carbons (Fsp3) is 0.333. The summed E-state index contributed by atoms with van der Waals surface area (Å²) in [5.74, 6) is -1.20. The highest BCUT2D eigenvalue weighted by Crippen LogP contribution is 2.31. The zero-order valence-electron chi connectivity index (χ0n) is 12.0. The summed E-state index contributed by atoms with van der Waals surface area (Å²) < 4.78 is 24.7.